The Morgan fingerprint density at radius 1 is 0.173 bits per heavy atom. The molecular weight excluding hydrogens is 975 g/mol. The van der Waals surface area contributed by atoms with Crippen LogP contribution in [0.15, 0.2) is 0 Å². The molecule has 0 fully saturated rings. The number of hydrogen-bond acceptors (Lipinski definition) is 0. The molecule has 0 aliphatic carbocycles. The van der Waals surface area contributed by atoms with Gasteiger partial charge in [-0.15, -0.1) is 0 Å². The van der Waals surface area contributed by atoms with Gasteiger partial charge >= 0.3 is 0 Å². The number of hydrogen-bond donors (Lipinski definition) is 0. The van der Waals surface area contributed by atoms with E-state index in [-0.39, 0.29) is 0 Å². The first-order chi connectivity index (χ1) is 40.0. The molecule has 81 heavy (non-hydrogen) atoms. The summed E-state index contributed by atoms with van der Waals surface area (Å²) in [6, 6.07) is 0.911. The second kappa shape index (κ2) is 67.5. The summed E-state index contributed by atoms with van der Waals surface area (Å²) in [5.41, 5.74) is 0.635. The average molecular weight is 1140 g/mol. The Morgan fingerprint density at radius 3 is 0.506 bits per heavy atom. The van der Waals surface area contributed by atoms with Crippen LogP contribution in [0.1, 0.15) is 485 Å². The van der Waals surface area contributed by atoms with Crippen LogP contribution in [0.4, 0.5) is 0 Å². The molecule has 1 unspecified atom stereocenters. The van der Waals surface area contributed by atoms with Crippen LogP contribution in [-0.2, 0) is 0 Å². The van der Waals surface area contributed by atoms with Gasteiger partial charge in [-0.25, -0.2) is 0 Å². The first-order valence-corrected chi connectivity index (χ1v) is 39.9. The van der Waals surface area contributed by atoms with Crippen LogP contribution in [0.2, 0.25) is 0 Å². The molecule has 0 amide bonds. The molecule has 0 aromatic heterocycles. The quantitative estimate of drug-likeness (QED) is 0.0421. The average Bonchev–Trinajstić information content (AvgIpc) is 3.51. The highest BCUT2D eigenvalue weighted by Gasteiger charge is 2.35. The van der Waals surface area contributed by atoms with E-state index in [1.165, 1.54) is 435 Å². The molecule has 0 aromatic carbocycles. The van der Waals surface area contributed by atoms with Gasteiger partial charge < -0.3 is 4.48 Å². The van der Waals surface area contributed by atoms with Gasteiger partial charge in [-0.05, 0) is 95.3 Å². The summed E-state index contributed by atoms with van der Waals surface area (Å²) in [4.78, 5) is 0. The third-order valence-electron chi connectivity index (χ3n) is 20.7. The largest absolute Gasteiger partial charge is 0.321 e. The van der Waals surface area contributed by atoms with Gasteiger partial charge in [-0.1, -0.05) is 395 Å². The number of quaternary nitrogens is 1. The van der Waals surface area contributed by atoms with Gasteiger partial charge in [0.2, 0.25) is 0 Å². The fraction of sp³-hybridized carbons (Fsp3) is 1.00. The topological polar surface area (TPSA) is 0 Å². The summed E-state index contributed by atoms with van der Waals surface area (Å²) >= 11 is 0. The van der Waals surface area contributed by atoms with Crippen LogP contribution < -0.4 is 0 Å². The standard InChI is InChI=1S/C80H164N/c1-8-15-22-29-36-43-52-61-70-79(81(76-67-58-49-40-33-26-19-12-5,77-68-59-50-41-34-27-20-13-6)78-69-60-51-42-35-28-21-14-7)71-62-53-44-48-57-66-75-80(72-63-54-45-37-30-23-16-9-2,73-64-55-46-38-31-24-17-10-3)74-65-56-47-39-32-25-18-11-4/h79H,8-78H2,1-7H3/q+1. The second-order valence-corrected chi connectivity index (χ2v) is 28.6. The van der Waals surface area contributed by atoms with E-state index in [2.05, 4.69) is 48.5 Å². The summed E-state index contributed by atoms with van der Waals surface area (Å²) in [6.45, 7) is 21.1. The highest BCUT2D eigenvalue weighted by molar-refractivity contribution is 4.81. The minimum absolute atomic E-state index is 0.635. The summed E-state index contributed by atoms with van der Waals surface area (Å²) in [5, 5.41) is 0. The van der Waals surface area contributed by atoms with Gasteiger partial charge in [-0.3, -0.25) is 0 Å². The number of rotatable bonds is 73. The van der Waals surface area contributed by atoms with Crippen molar-refractivity contribution in [2.24, 2.45) is 5.41 Å². The van der Waals surface area contributed by atoms with E-state index in [9.17, 15) is 0 Å². The van der Waals surface area contributed by atoms with Crippen LogP contribution >= 0.6 is 0 Å². The van der Waals surface area contributed by atoms with Gasteiger partial charge in [0.05, 0.1) is 25.7 Å². The van der Waals surface area contributed by atoms with Crippen molar-refractivity contribution in [3.63, 3.8) is 0 Å². The predicted octanol–water partition coefficient (Wildman–Crippen LogP) is 29.8. The van der Waals surface area contributed by atoms with Crippen molar-refractivity contribution in [1.82, 2.24) is 0 Å². The zero-order valence-electron chi connectivity index (χ0n) is 58.7. The molecule has 1 nitrogen and oxygen atoms in total. The fourth-order valence-electron chi connectivity index (χ4n) is 15.0. The molecular formula is C80H164N+. The molecule has 0 heterocycles. The van der Waals surface area contributed by atoms with Crippen LogP contribution in [-0.4, -0.2) is 30.2 Å². The van der Waals surface area contributed by atoms with E-state index in [0.717, 1.165) is 6.04 Å². The summed E-state index contributed by atoms with van der Waals surface area (Å²) in [7, 11) is 0. The smallest absolute Gasteiger partial charge is 0.0890 e. The summed E-state index contributed by atoms with van der Waals surface area (Å²) in [5.74, 6) is 0. The van der Waals surface area contributed by atoms with Crippen molar-refractivity contribution in [3.8, 4) is 0 Å². The minimum Gasteiger partial charge on any atom is -0.321 e. The van der Waals surface area contributed by atoms with E-state index in [0.29, 0.717) is 5.41 Å². The van der Waals surface area contributed by atoms with E-state index >= 15 is 0 Å². The Kier molecular flexibility index (Phi) is 67.4. The summed E-state index contributed by atoms with van der Waals surface area (Å²) in [6.07, 6.45) is 100. The molecule has 0 saturated heterocycles. The number of nitrogens with zero attached hydrogens (tertiary/aromatic N) is 1. The Bertz CT molecular complexity index is 1010. The Morgan fingerprint density at radius 2 is 0.321 bits per heavy atom. The Labute approximate surface area is 518 Å². The van der Waals surface area contributed by atoms with Crippen LogP contribution in [0.3, 0.4) is 0 Å². The van der Waals surface area contributed by atoms with Crippen molar-refractivity contribution in [1.29, 1.82) is 0 Å². The molecule has 1 heteroatoms. The molecule has 488 valence electrons. The third-order valence-corrected chi connectivity index (χ3v) is 20.7. The summed E-state index contributed by atoms with van der Waals surface area (Å²) < 4.78 is 1.52. The molecule has 0 aromatic rings. The highest BCUT2D eigenvalue weighted by atomic mass is 15.4. The molecule has 1 atom stereocenters. The third kappa shape index (κ3) is 55.0. The van der Waals surface area contributed by atoms with Gasteiger partial charge in [0, 0.05) is 0 Å². The van der Waals surface area contributed by atoms with Gasteiger partial charge in [0.25, 0.3) is 0 Å². The molecule has 0 aliphatic heterocycles. The molecule has 0 bridgehead atoms. The first kappa shape index (κ1) is 81.0. The van der Waals surface area contributed by atoms with Crippen LogP contribution in [0.25, 0.3) is 0 Å². The second-order valence-electron chi connectivity index (χ2n) is 28.6. The van der Waals surface area contributed by atoms with Crippen LogP contribution in [0, 0.1) is 5.41 Å². The lowest BCUT2D eigenvalue weighted by atomic mass is 9.70. The Balaban J connectivity index is 6.25. The fourth-order valence-corrected chi connectivity index (χ4v) is 15.0. The molecule has 0 radical (unpaired) electrons. The van der Waals surface area contributed by atoms with E-state index in [1.54, 1.807) is 25.7 Å². The first-order valence-electron chi connectivity index (χ1n) is 39.9. The molecule has 0 N–H and O–H groups in total. The molecule has 0 saturated carbocycles. The van der Waals surface area contributed by atoms with Crippen molar-refractivity contribution < 1.29 is 4.48 Å². The minimum atomic E-state index is 0.635. The Hall–Kier alpha value is -0.0400. The normalized spacial score (nSPS) is 12.6. The molecule has 0 rings (SSSR count). The van der Waals surface area contributed by atoms with Crippen molar-refractivity contribution in [2.75, 3.05) is 19.6 Å². The maximum absolute atomic E-state index is 2.38. The lowest BCUT2D eigenvalue weighted by Gasteiger charge is -2.46. The van der Waals surface area contributed by atoms with E-state index < -0.39 is 0 Å². The lowest BCUT2D eigenvalue weighted by molar-refractivity contribution is -0.952. The maximum atomic E-state index is 2.38. The molecule has 0 aliphatic rings. The van der Waals surface area contributed by atoms with E-state index in [4.69, 9.17) is 0 Å². The van der Waals surface area contributed by atoms with Gasteiger partial charge in [0.15, 0.2) is 0 Å². The highest BCUT2D eigenvalue weighted by Crippen LogP contribution is 2.42. The van der Waals surface area contributed by atoms with Crippen molar-refractivity contribution in [2.45, 2.75) is 491 Å². The van der Waals surface area contributed by atoms with Gasteiger partial charge in [0.1, 0.15) is 0 Å². The predicted molar refractivity (Wildman–Crippen MR) is 375 cm³/mol. The van der Waals surface area contributed by atoms with Crippen molar-refractivity contribution in [3.05, 3.63) is 0 Å². The zero-order chi connectivity index (χ0) is 58.8. The maximum Gasteiger partial charge on any atom is 0.0890 e. The van der Waals surface area contributed by atoms with Gasteiger partial charge in [-0.2, -0.15) is 0 Å². The monoisotopic (exact) mass is 1140 g/mol. The lowest BCUT2D eigenvalue weighted by Crippen LogP contribution is -2.57. The zero-order valence-corrected chi connectivity index (χ0v) is 58.7. The van der Waals surface area contributed by atoms with Crippen molar-refractivity contribution >= 4 is 0 Å². The van der Waals surface area contributed by atoms with Crippen LogP contribution in [0.5, 0.6) is 0 Å². The van der Waals surface area contributed by atoms with E-state index in [1.807, 2.05) is 0 Å². The number of unbranched alkanes of at least 4 members (excludes halogenated alkanes) is 54. The molecule has 0 spiro atoms. The SMILES string of the molecule is CCCCCCCCCCC(CCCCCCCCC(CCCCCCCCCC)(CCCCCCCCCC)CCCCCCCCCC)[N+](CCCCCCCCCC)(CCCCCCCCCC)CCCCCCCCCC.